The van der Waals surface area contributed by atoms with Crippen molar-refractivity contribution in [3.8, 4) is 11.5 Å². The number of thioether (sulfide) groups is 1. The van der Waals surface area contributed by atoms with Gasteiger partial charge >= 0.3 is 0 Å². The number of hydrogen-bond donors (Lipinski definition) is 0. The number of benzene rings is 2. The minimum atomic E-state index is -0.221. The molecule has 0 N–H and O–H groups in total. The van der Waals surface area contributed by atoms with E-state index in [-0.39, 0.29) is 5.91 Å². The largest absolute Gasteiger partial charge is 0.486 e. The molecule has 0 radical (unpaired) electrons. The second kappa shape index (κ2) is 7.17. The van der Waals surface area contributed by atoms with Gasteiger partial charge in [-0.25, -0.2) is 0 Å². The zero-order chi connectivity index (χ0) is 18.1. The quantitative estimate of drug-likeness (QED) is 0.640. The molecule has 2 aromatic carbocycles. The zero-order valence-electron chi connectivity index (χ0n) is 14.5. The summed E-state index contributed by atoms with van der Waals surface area (Å²) in [7, 11) is 0. The van der Waals surface area contributed by atoms with E-state index in [9.17, 15) is 4.79 Å². The smallest absolute Gasteiger partial charge is 0.280 e. The summed E-state index contributed by atoms with van der Waals surface area (Å²) in [6.07, 6.45) is 1.96. The maximum absolute atomic E-state index is 12.8. The molecule has 1 aliphatic rings. The number of aryl methyl sites for hydroxylation is 1. The molecule has 0 saturated carbocycles. The van der Waals surface area contributed by atoms with Crippen molar-refractivity contribution in [2.24, 2.45) is 4.99 Å². The first-order chi connectivity index (χ1) is 12.7. The van der Waals surface area contributed by atoms with Crippen LogP contribution in [0.1, 0.15) is 17.3 Å². The minimum Gasteiger partial charge on any atom is -0.486 e. The van der Waals surface area contributed by atoms with E-state index in [0.717, 1.165) is 33.2 Å². The minimum absolute atomic E-state index is 0.221. The van der Waals surface area contributed by atoms with Gasteiger partial charge in [0.05, 0.1) is 15.8 Å². The monoisotopic (exact) mass is 386 g/mol. The Kier molecular flexibility index (Phi) is 4.74. The average Bonchev–Trinajstić information content (AvgIpc) is 3.01. The van der Waals surface area contributed by atoms with E-state index in [0.29, 0.717) is 23.6 Å². The van der Waals surface area contributed by atoms with E-state index in [1.807, 2.05) is 54.1 Å². The van der Waals surface area contributed by atoms with Crippen molar-refractivity contribution in [1.29, 1.82) is 0 Å². The van der Waals surface area contributed by atoms with Crippen LogP contribution in [-0.4, -0.2) is 29.9 Å². The normalized spacial score (nSPS) is 14.0. The molecule has 0 saturated heterocycles. The summed E-state index contributed by atoms with van der Waals surface area (Å²) in [6.45, 7) is 3.87. The highest BCUT2D eigenvalue weighted by Crippen LogP contribution is 2.35. The van der Waals surface area contributed by atoms with Crippen molar-refractivity contribution < 1.29 is 14.3 Å². The van der Waals surface area contributed by atoms with E-state index in [4.69, 9.17) is 9.47 Å². The second-order valence-corrected chi connectivity index (χ2v) is 7.57. The first kappa shape index (κ1) is 17.2. The third kappa shape index (κ3) is 3.01. The molecule has 0 spiro atoms. The molecule has 134 valence electrons. The molecule has 3 aromatic rings. The number of carbonyl (C=O) groups excluding carboxylic acids is 1. The van der Waals surface area contributed by atoms with Crippen LogP contribution < -0.4 is 14.3 Å². The molecular formula is C19H18N2O3S2. The number of rotatable bonds is 3. The molecule has 1 aromatic heterocycles. The number of nitrogens with zero attached hydrogens (tertiary/aromatic N) is 2. The third-order valence-electron chi connectivity index (χ3n) is 4.20. The topological polar surface area (TPSA) is 52.8 Å². The predicted octanol–water partition coefficient (Wildman–Crippen LogP) is 3.96. The summed E-state index contributed by atoms with van der Waals surface area (Å²) in [6, 6.07) is 11.5. The van der Waals surface area contributed by atoms with Gasteiger partial charge in [-0.3, -0.25) is 4.79 Å². The first-order valence-electron chi connectivity index (χ1n) is 8.36. The Bertz CT molecular complexity index is 1050. The molecule has 0 unspecified atom stereocenters. The lowest BCUT2D eigenvalue weighted by Gasteiger charge is -2.18. The highest BCUT2D eigenvalue weighted by Gasteiger charge is 2.17. The lowest BCUT2D eigenvalue weighted by Crippen LogP contribution is -2.17. The van der Waals surface area contributed by atoms with Crippen LogP contribution in [0.2, 0.25) is 0 Å². The Balaban J connectivity index is 1.85. The van der Waals surface area contributed by atoms with Gasteiger partial charge in [-0.15, -0.1) is 11.8 Å². The highest BCUT2D eigenvalue weighted by molar-refractivity contribution is 7.98. The molecular weight excluding hydrogens is 368 g/mol. The van der Waals surface area contributed by atoms with Crippen molar-refractivity contribution in [3.05, 3.63) is 46.8 Å². The number of amides is 1. The summed E-state index contributed by atoms with van der Waals surface area (Å²) >= 11 is 3.04. The van der Waals surface area contributed by atoms with Crippen LogP contribution in [0, 0.1) is 0 Å². The van der Waals surface area contributed by atoms with Crippen LogP contribution in [0.15, 0.2) is 46.3 Å². The predicted molar refractivity (Wildman–Crippen MR) is 105 cm³/mol. The lowest BCUT2D eigenvalue weighted by molar-refractivity contribution is 0.0995. The van der Waals surface area contributed by atoms with Gasteiger partial charge in [-0.1, -0.05) is 23.5 Å². The summed E-state index contributed by atoms with van der Waals surface area (Å²) < 4.78 is 14.4. The summed E-state index contributed by atoms with van der Waals surface area (Å²) in [5.74, 6) is 1.27. The molecule has 0 atom stereocenters. The molecule has 0 fully saturated rings. The van der Waals surface area contributed by atoms with Gasteiger partial charge in [0, 0.05) is 23.6 Å². The Labute approximate surface area is 159 Å². The van der Waals surface area contributed by atoms with Gasteiger partial charge in [0.2, 0.25) is 0 Å². The Hall–Kier alpha value is -2.25. The third-order valence-corrected chi connectivity index (χ3v) is 6.03. The highest BCUT2D eigenvalue weighted by atomic mass is 32.2. The van der Waals surface area contributed by atoms with Crippen LogP contribution in [0.3, 0.4) is 0 Å². The molecule has 5 nitrogen and oxygen atoms in total. The van der Waals surface area contributed by atoms with Crippen LogP contribution in [-0.2, 0) is 6.54 Å². The first-order valence-corrected chi connectivity index (χ1v) is 10.4. The molecule has 0 bridgehead atoms. The van der Waals surface area contributed by atoms with Crippen LogP contribution >= 0.6 is 23.1 Å². The number of thiazole rings is 1. The fourth-order valence-electron chi connectivity index (χ4n) is 2.97. The van der Waals surface area contributed by atoms with E-state index in [1.54, 1.807) is 11.8 Å². The van der Waals surface area contributed by atoms with Crippen molar-refractivity contribution in [3.63, 3.8) is 0 Å². The molecule has 1 aliphatic heterocycles. The van der Waals surface area contributed by atoms with Gasteiger partial charge in [0.15, 0.2) is 16.3 Å². The molecule has 2 heterocycles. The van der Waals surface area contributed by atoms with Crippen molar-refractivity contribution >= 4 is 39.2 Å². The van der Waals surface area contributed by atoms with E-state index < -0.39 is 0 Å². The van der Waals surface area contributed by atoms with Gasteiger partial charge in [0.25, 0.3) is 5.91 Å². The number of ether oxygens (including phenoxy) is 2. The number of carbonyl (C=O) groups is 1. The van der Waals surface area contributed by atoms with Crippen molar-refractivity contribution in [1.82, 2.24) is 4.57 Å². The maximum atomic E-state index is 12.8. The Morgan fingerprint density at radius 3 is 2.69 bits per heavy atom. The van der Waals surface area contributed by atoms with Gasteiger partial charge in [-0.2, -0.15) is 4.99 Å². The average molecular weight is 386 g/mol. The maximum Gasteiger partial charge on any atom is 0.280 e. The molecule has 1 amide bonds. The Morgan fingerprint density at radius 2 is 1.96 bits per heavy atom. The number of fused-ring (bicyclic) bond motifs is 2. The zero-order valence-corrected chi connectivity index (χ0v) is 16.2. The molecule has 4 rings (SSSR count). The van der Waals surface area contributed by atoms with Crippen molar-refractivity contribution in [2.45, 2.75) is 18.4 Å². The fraction of sp³-hybridized carbons (Fsp3) is 0.263. The van der Waals surface area contributed by atoms with Crippen LogP contribution in [0.25, 0.3) is 10.2 Å². The van der Waals surface area contributed by atoms with Gasteiger partial charge in [-0.05, 0) is 25.3 Å². The summed E-state index contributed by atoms with van der Waals surface area (Å²) in [4.78, 5) is 18.8. The standard InChI is InChI=1S/C19H18N2O3S2/c1-3-21-13-10-14-15(24-9-8-23-14)11-17(13)26-19(21)20-18(22)12-6-4-5-7-16(12)25-2/h4-7,10-11H,3,8-9H2,1-2H3. The summed E-state index contributed by atoms with van der Waals surface area (Å²) in [5.41, 5.74) is 1.64. The van der Waals surface area contributed by atoms with Crippen LogP contribution in [0.4, 0.5) is 0 Å². The molecule has 0 aliphatic carbocycles. The fourth-order valence-corrected chi connectivity index (χ4v) is 4.66. The molecule has 7 heteroatoms. The number of hydrogen-bond acceptors (Lipinski definition) is 5. The van der Waals surface area contributed by atoms with Crippen molar-refractivity contribution in [2.75, 3.05) is 19.5 Å². The van der Waals surface area contributed by atoms with Gasteiger partial charge < -0.3 is 14.0 Å². The SMILES string of the molecule is CCn1c(=NC(=O)c2ccccc2SC)sc2cc3c(cc21)OCCO3. The van der Waals surface area contributed by atoms with E-state index in [2.05, 4.69) is 4.99 Å². The van der Waals surface area contributed by atoms with Gasteiger partial charge in [0.1, 0.15) is 13.2 Å². The number of aromatic nitrogens is 1. The van der Waals surface area contributed by atoms with E-state index in [1.165, 1.54) is 11.3 Å². The molecule has 26 heavy (non-hydrogen) atoms. The van der Waals surface area contributed by atoms with Crippen LogP contribution in [0.5, 0.6) is 11.5 Å². The second-order valence-electron chi connectivity index (χ2n) is 5.71. The lowest BCUT2D eigenvalue weighted by atomic mass is 10.2. The Morgan fingerprint density at radius 1 is 1.23 bits per heavy atom. The van der Waals surface area contributed by atoms with E-state index >= 15 is 0 Å². The summed E-state index contributed by atoms with van der Waals surface area (Å²) in [5, 5.41) is 0.